The molecule has 0 radical (unpaired) electrons. The van der Waals surface area contributed by atoms with Gasteiger partial charge in [0.25, 0.3) is 0 Å². The Balaban J connectivity index is 2.25. The van der Waals surface area contributed by atoms with Crippen molar-refractivity contribution in [2.75, 3.05) is 0 Å². The molecule has 0 aromatic carbocycles. The van der Waals surface area contributed by atoms with E-state index in [0.29, 0.717) is 11.8 Å². The summed E-state index contributed by atoms with van der Waals surface area (Å²) in [4.78, 5) is 0. The van der Waals surface area contributed by atoms with Gasteiger partial charge in [-0.2, -0.15) is 0 Å². The zero-order valence-electron chi connectivity index (χ0n) is 7.14. The van der Waals surface area contributed by atoms with E-state index in [9.17, 15) is 0 Å². The van der Waals surface area contributed by atoms with Crippen LogP contribution in [0.1, 0.15) is 42.2 Å². The second-order valence-corrected chi connectivity index (χ2v) is 3.65. The molecule has 1 fully saturated rings. The fourth-order valence-corrected chi connectivity index (χ4v) is 1.81. The lowest BCUT2D eigenvalue weighted by molar-refractivity contribution is 0.297. The number of alkyl halides is 1. The van der Waals surface area contributed by atoms with Gasteiger partial charge >= 0.3 is 0 Å². The molecule has 0 N–H and O–H groups in total. The van der Waals surface area contributed by atoms with Crippen LogP contribution in [-0.2, 0) is 5.88 Å². The van der Waals surface area contributed by atoms with E-state index in [4.69, 9.17) is 16.1 Å². The lowest BCUT2D eigenvalue weighted by Crippen LogP contribution is -2.08. The van der Waals surface area contributed by atoms with Gasteiger partial charge in [0.05, 0.1) is 5.88 Å². The number of rotatable bonds is 2. The van der Waals surface area contributed by atoms with Crippen LogP contribution in [0.2, 0.25) is 0 Å². The van der Waals surface area contributed by atoms with E-state index < -0.39 is 0 Å². The van der Waals surface area contributed by atoms with Gasteiger partial charge in [-0.3, -0.25) is 0 Å². The van der Waals surface area contributed by atoms with Gasteiger partial charge in [0.2, 0.25) is 0 Å². The molecule has 0 aliphatic heterocycles. The lowest BCUT2D eigenvalue weighted by Gasteiger charge is -2.22. The van der Waals surface area contributed by atoms with Crippen molar-refractivity contribution in [1.82, 2.24) is 5.16 Å². The maximum atomic E-state index is 5.69. The highest BCUT2D eigenvalue weighted by atomic mass is 35.5. The van der Waals surface area contributed by atoms with Crippen molar-refractivity contribution >= 4 is 11.6 Å². The minimum atomic E-state index is 0.460. The molecule has 3 heteroatoms. The molecule has 2 nitrogen and oxygen atoms in total. The summed E-state index contributed by atoms with van der Waals surface area (Å²) in [5, 5.41) is 3.93. The first-order chi connectivity index (χ1) is 5.83. The second-order valence-electron chi connectivity index (χ2n) is 3.38. The van der Waals surface area contributed by atoms with E-state index in [1.54, 1.807) is 0 Å². The molecule has 0 unspecified atom stereocenters. The summed E-state index contributed by atoms with van der Waals surface area (Å²) in [6.07, 6.45) is 3.82. The van der Waals surface area contributed by atoms with Crippen molar-refractivity contribution in [3.8, 4) is 0 Å². The van der Waals surface area contributed by atoms with Crippen molar-refractivity contribution in [2.45, 2.75) is 38.0 Å². The van der Waals surface area contributed by atoms with Crippen LogP contribution in [0.4, 0.5) is 0 Å². The van der Waals surface area contributed by atoms with E-state index in [1.165, 1.54) is 19.3 Å². The lowest BCUT2D eigenvalue weighted by atomic mass is 9.82. The summed E-state index contributed by atoms with van der Waals surface area (Å²) in [5.74, 6) is 2.15. The van der Waals surface area contributed by atoms with Gasteiger partial charge in [0, 0.05) is 11.5 Å². The fourth-order valence-electron chi connectivity index (χ4n) is 1.56. The molecule has 1 aromatic rings. The Morgan fingerprint density at radius 1 is 1.58 bits per heavy atom. The molecule has 2 rings (SSSR count). The Bertz CT molecular complexity index is 278. The van der Waals surface area contributed by atoms with Gasteiger partial charge in [-0.05, 0) is 19.8 Å². The molecule has 0 spiro atoms. The first kappa shape index (κ1) is 8.11. The molecular weight excluding hydrogens is 174 g/mol. The summed E-state index contributed by atoms with van der Waals surface area (Å²) in [6.45, 7) is 2.04. The topological polar surface area (TPSA) is 26.0 Å². The van der Waals surface area contributed by atoms with Crippen molar-refractivity contribution in [3.05, 3.63) is 17.0 Å². The summed E-state index contributed by atoms with van der Waals surface area (Å²) < 4.78 is 5.26. The Kier molecular flexibility index (Phi) is 2.09. The van der Waals surface area contributed by atoms with E-state index in [0.717, 1.165) is 17.0 Å². The maximum absolute atomic E-state index is 5.69. The largest absolute Gasteiger partial charge is 0.361 e. The third-order valence-corrected chi connectivity index (χ3v) is 2.91. The Morgan fingerprint density at radius 3 is 2.75 bits per heavy atom. The zero-order valence-corrected chi connectivity index (χ0v) is 7.90. The number of nitrogens with zero attached hydrogens (tertiary/aromatic N) is 1. The smallest absolute Gasteiger partial charge is 0.143 e. The SMILES string of the molecule is Cc1c(CCl)noc1C1CCC1. The minimum absolute atomic E-state index is 0.460. The second kappa shape index (κ2) is 3.09. The third kappa shape index (κ3) is 1.14. The number of hydrogen-bond donors (Lipinski definition) is 0. The first-order valence-electron chi connectivity index (χ1n) is 4.34. The summed E-state index contributed by atoms with van der Waals surface area (Å²) in [6, 6.07) is 0. The first-order valence-corrected chi connectivity index (χ1v) is 4.87. The molecule has 66 valence electrons. The number of aromatic nitrogens is 1. The summed E-state index contributed by atoms with van der Waals surface area (Å²) in [7, 11) is 0. The highest BCUT2D eigenvalue weighted by Crippen LogP contribution is 2.38. The van der Waals surface area contributed by atoms with Gasteiger partial charge in [0.15, 0.2) is 0 Å². The van der Waals surface area contributed by atoms with Gasteiger partial charge < -0.3 is 4.52 Å². The molecule has 1 saturated carbocycles. The number of hydrogen-bond acceptors (Lipinski definition) is 2. The van der Waals surface area contributed by atoms with Crippen LogP contribution >= 0.6 is 11.6 Å². The van der Waals surface area contributed by atoms with E-state index >= 15 is 0 Å². The van der Waals surface area contributed by atoms with Crippen LogP contribution in [0.15, 0.2) is 4.52 Å². The maximum Gasteiger partial charge on any atom is 0.143 e. The summed E-state index contributed by atoms with van der Waals surface area (Å²) in [5.41, 5.74) is 2.06. The van der Waals surface area contributed by atoms with Crippen molar-refractivity contribution in [1.29, 1.82) is 0 Å². The van der Waals surface area contributed by atoms with Gasteiger partial charge in [-0.1, -0.05) is 11.6 Å². The average Bonchev–Trinajstić information content (AvgIpc) is 2.30. The normalized spacial score (nSPS) is 17.8. The summed E-state index contributed by atoms with van der Waals surface area (Å²) >= 11 is 5.69. The molecule has 12 heavy (non-hydrogen) atoms. The van der Waals surface area contributed by atoms with Crippen LogP contribution in [-0.4, -0.2) is 5.16 Å². The zero-order chi connectivity index (χ0) is 8.55. The fraction of sp³-hybridized carbons (Fsp3) is 0.667. The standard InChI is InChI=1S/C9H12ClNO/c1-6-8(5-10)11-12-9(6)7-3-2-4-7/h7H,2-5H2,1H3. The Morgan fingerprint density at radius 2 is 2.33 bits per heavy atom. The third-order valence-electron chi connectivity index (χ3n) is 2.66. The van der Waals surface area contributed by atoms with Crippen LogP contribution in [0.3, 0.4) is 0 Å². The van der Waals surface area contributed by atoms with E-state index in [-0.39, 0.29) is 0 Å². The molecule has 0 amide bonds. The van der Waals surface area contributed by atoms with Crippen LogP contribution in [0, 0.1) is 6.92 Å². The molecule has 1 aliphatic rings. The van der Waals surface area contributed by atoms with Crippen molar-refractivity contribution in [2.24, 2.45) is 0 Å². The predicted octanol–water partition coefficient (Wildman–Crippen LogP) is 2.99. The molecular formula is C9H12ClNO. The molecule has 0 atom stereocenters. The number of halogens is 1. The quantitative estimate of drug-likeness (QED) is 0.663. The molecule has 1 aliphatic carbocycles. The van der Waals surface area contributed by atoms with Crippen LogP contribution in [0.5, 0.6) is 0 Å². The van der Waals surface area contributed by atoms with E-state index in [1.807, 2.05) is 6.92 Å². The monoisotopic (exact) mass is 185 g/mol. The average molecular weight is 186 g/mol. The van der Waals surface area contributed by atoms with Crippen LogP contribution < -0.4 is 0 Å². The Labute approximate surface area is 76.9 Å². The van der Waals surface area contributed by atoms with Crippen LogP contribution in [0.25, 0.3) is 0 Å². The minimum Gasteiger partial charge on any atom is -0.361 e. The van der Waals surface area contributed by atoms with E-state index in [2.05, 4.69) is 5.16 Å². The van der Waals surface area contributed by atoms with Gasteiger partial charge in [-0.15, -0.1) is 11.6 Å². The molecule has 0 saturated heterocycles. The van der Waals surface area contributed by atoms with Gasteiger partial charge in [-0.25, -0.2) is 0 Å². The highest BCUT2D eigenvalue weighted by Gasteiger charge is 2.26. The highest BCUT2D eigenvalue weighted by molar-refractivity contribution is 6.17. The molecule has 1 heterocycles. The van der Waals surface area contributed by atoms with Crippen molar-refractivity contribution in [3.63, 3.8) is 0 Å². The molecule has 1 aromatic heterocycles. The van der Waals surface area contributed by atoms with Crippen molar-refractivity contribution < 1.29 is 4.52 Å². The Hall–Kier alpha value is -0.500. The molecule has 0 bridgehead atoms. The predicted molar refractivity (Wildman–Crippen MR) is 47.4 cm³/mol. The van der Waals surface area contributed by atoms with Gasteiger partial charge in [0.1, 0.15) is 11.5 Å².